The second-order valence-electron chi connectivity index (χ2n) is 7.92. The van der Waals surface area contributed by atoms with Crippen molar-refractivity contribution in [3.8, 4) is 0 Å². The molecule has 0 aromatic heterocycles. The number of aliphatic hydroxyl groups is 1. The Morgan fingerprint density at radius 1 is 0.909 bits per heavy atom. The van der Waals surface area contributed by atoms with Crippen molar-refractivity contribution in [3.05, 3.63) is 107 Å². The van der Waals surface area contributed by atoms with Crippen LogP contribution in [0.15, 0.2) is 84.9 Å². The Kier molecular flexibility index (Phi) is 7.12. The average molecular weight is 448 g/mol. The Bertz CT molecular complexity index is 1090. The van der Waals surface area contributed by atoms with Crippen molar-refractivity contribution in [3.63, 3.8) is 0 Å². The quantitative estimate of drug-likeness (QED) is 0.504. The summed E-state index contributed by atoms with van der Waals surface area (Å²) in [5.74, 6) is -0.783. The Morgan fingerprint density at radius 2 is 1.55 bits per heavy atom. The number of carbonyl (C=O) groups excluding carboxylic acids is 2. The average Bonchev–Trinajstić information content (AvgIpc) is 3.05. The molecule has 3 aromatic carbocycles. The van der Waals surface area contributed by atoms with Gasteiger partial charge in [-0.2, -0.15) is 0 Å². The fourth-order valence-corrected chi connectivity index (χ4v) is 3.89. The fraction of sp³-hybridized carbons (Fsp3) is 0.231. The fourth-order valence-electron chi connectivity index (χ4n) is 3.89. The van der Waals surface area contributed by atoms with Gasteiger partial charge in [0.1, 0.15) is 11.9 Å². The summed E-state index contributed by atoms with van der Waals surface area (Å²) >= 11 is 0. The first-order valence-corrected chi connectivity index (χ1v) is 10.7. The molecular formula is C26H25FN2O4. The molecule has 1 aliphatic rings. The minimum Gasteiger partial charge on any atom is -0.389 e. The highest BCUT2D eigenvalue weighted by molar-refractivity contribution is 6.04. The molecule has 2 atom stereocenters. The maximum absolute atomic E-state index is 13.7. The van der Waals surface area contributed by atoms with Gasteiger partial charge in [0.2, 0.25) is 0 Å². The third kappa shape index (κ3) is 5.27. The van der Waals surface area contributed by atoms with Crippen LogP contribution in [0.5, 0.6) is 0 Å². The van der Waals surface area contributed by atoms with Crippen LogP contribution >= 0.6 is 0 Å². The first kappa shape index (κ1) is 22.6. The lowest BCUT2D eigenvalue weighted by molar-refractivity contribution is -0.129. The number of benzene rings is 3. The van der Waals surface area contributed by atoms with Gasteiger partial charge < -0.3 is 14.7 Å². The molecule has 7 heteroatoms. The van der Waals surface area contributed by atoms with E-state index in [4.69, 9.17) is 4.74 Å². The monoisotopic (exact) mass is 448 g/mol. The van der Waals surface area contributed by atoms with Gasteiger partial charge in [-0.25, -0.2) is 9.18 Å². The summed E-state index contributed by atoms with van der Waals surface area (Å²) in [6, 6.07) is 23.5. The van der Waals surface area contributed by atoms with Crippen molar-refractivity contribution in [1.82, 2.24) is 9.80 Å². The second kappa shape index (κ2) is 10.4. The van der Waals surface area contributed by atoms with Gasteiger partial charge in [0.25, 0.3) is 5.91 Å². The number of carbonyl (C=O) groups is 2. The zero-order valence-electron chi connectivity index (χ0n) is 18.0. The van der Waals surface area contributed by atoms with Gasteiger partial charge in [0, 0.05) is 12.1 Å². The standard InChI is InChI=1S/C26H25FN2O4/c27-23-14-8-7-13-21(23)17-33-18-22(30)16-29-25(31)24(20-11-5-2-6-12-20)28(26(29)32)15-19-9-3-1-4-10-19/h1-14,22,24,30H,15-18H2. The summed E-state index contributed by atoms with van der Waals surface area (Å²) in [7, 11) is 0. The number of hydrogen-bond donors (Lipinski definition) is 1. The minimum absolute atomic E-state index is 0.0155. The van der Waals surface area contributed by atoms with Gasteiger partial charge in [-0.15, -0.1) is 0 Å². The smallest absolute Gasteiger partial charge is 0.328 e. The molecule has 1 saturated heterocycles. The number of amides is 3. The van der Waals surface area contributed by atoms with Crippen LogP contribution < -0.4 is 0 Å². The number of ether oxygens (including phenoxy) is 1. The van der Waals surface area contributed by atoms with Crippen LogP contribution in [0.4, 0.5) is 9.18 Å². The Hall–Kier alpha value is -3.55. The lowest BCUT2D eigenvalue weighted by Gasteiger charge is -2.22. The van der Waals surface area contributed by atoms with E-state index in [1.807, 2.05) is 60.7 Å². The van der Waals surface area contributed by atoms with E-state index >= 15 is 0 Å². The minimum atomic E-state index is -1.10. The first-order valence-electron chi connectivity index (χ1n) is 10.7. The summed E-state index contributed by atoms with van der Waals surface area (Å²) in [5.41, 5.74) is 1.98. The molecule has 0 bridgehead atoms. The summed E-state index contributed by atoms with van der Waals surface area (Å²) in [4.78, 5) is 29.0. The predicted molar refractivity (Wildman–Crippen MR) is 120 cm³/mol. The molecule has 170 valence electrons. The Balaban J connectivity index is 1.45. The molecule has 1 N–H and O–H groups in total. The topological polar surface area (TPSA) is 70.1 Å². The van der Waals surface area contributed by atoms with Crippen LogP contribution in [0.3, 0.4) is 0 Å². The zero-order chi connectivity index (χ0) is 23.2. The summed E-state index contributed by atoms with van der Waals surface area (Å²) in [6.45, 7) is -0.0939. The van der Waals surface area contributed by atoms with Crippen molar-refractivity contribution in [1.29, 1.82) is 0 Å². The first-order chi connectivity index (χ1) is 16.0. The molecule has 3 amide bonds. The van der Waals surface area contributed by atoms with E-state index in [9.17, 15) is 19.1 Å². The molecular weight excluding hydrogens is 423 g/mol. The highest BCUT2D eigenvalue weighted by atomic mass is 19.1. The molecule has 0 spiro atoms. The molecule has 0 radical (unpaired) electrons. The number of hydrogen-bond acceptors (Lipinski definition) is 4. The van der Waals surface area contributed by atoms with Gasteiger partial charge in [-0.3, -0.25) is 9.69 Å². The number of β-amino-alcohol motifs (C(OH)–C–C–N with tert-alkyl or cyclic N) is 1. The van der Waals surface area contributed by atoms with Crippen molar-refractivity contribution in [2.24, 2.45) is 0 Å². The van der Waals surface area contributed by atoms with Gasteiger partial charge in [0.15, 0.2) is 0 Å². The van der Waals surface area contributed by atoms with E-state index in [0.29, 0.717) is 11.1 Å². The number of rotatable bonds is 9. The van der Waals surface area contributed by atoms with Crippen molar-refractivity contribution >= 4 is 11.9 Å². The van der Waals surface area contributed by atoms with E-state index in [0.717, 1.165) is 10.5 Å². The molecule has 1 fully saturated rings. The summed E-state index contributed by atoms with van der Waals surface area (Å²) < 4.78 is 19.1. The van der Waals surface area contributed by atoms with Gasteiger partial charge in [0.05, 0.1) is 25.9 Å². The molecule has 6 nitrogen and oxygen atoms in total. The Morgan fingerprint density at radius 3 is 2.24 bits per heavy atom. The van der Waals surface area contributed by atoms with Crippen molar-refractivity contribution in [2.45, 2.75) is 25.3 Å². The zero-order valence-corrected chi connectivity index (χ0v) is 18.0. The number of aliphatic hydroxyl groups excluding tert-OH is 1. The molecule has 2 unspecified atom stereocenters. The molecule has 4 rings (SSSR count). The molecule has 3 aromatic rings. The van der Waals surface area contributed by atoms with Gasteiger partial charge >= 0.3 is 6.03 Å². The predicted octanol–water partition coefficient (Wildman–Crippen LogP) is 3.91. The SMILES string of the molecule is O=C1C(c2ccccc2)N(Cc2ccccc2)C(=O)N1CC(O)COCc1ccccc1F. The Labute approximate surface area is 191 Å². The van der Waals surface area contributed by atoms with Crippen LogP contribution in [0.2, 0.25) is 0 Å². The van der Waals surface area contributed by atoms with Crippen LogP contribution in [0, 0.1) is 5.82 Å². The molecule has 33 heavy (non-hydrogen) atoms. The van der Waals surface area contributed by atoms with Crippen molar-refractivity contribution < 1.29 is 23.8 Å². The van der Waals surface area contributed by atoms with E-state index in [2.05, 4.69) is 0 Å². The maximum atomic E-state index is 13.7. The van der Waals surface area contributed by atoms with Gasteiger partial charge in [-0.05, 0) is 17.2 Å². The van der Waals surface area contributed by atoms with E-state index in [1.165, 1.54) is 11.0 Å². The van der Waals surface area contributed by atoms with E-state index in [-0.39, 0.29) is 32.1 Å². The number of nitrogens with zero attached hydrogens (tertiary/aromatic N) is 2. The number of urea groups is 1. The highest BCUT2D eigenvalue weighted by Crippen LogP contribution is 2.32. The third-order valence-corrected chi connectivity index (χ3v) is 5.52. The third-order valence-electron chi connectivity index (χ3n) is 5.52. The molecule has 1 heterocycles. The lowest BCUT2D eigenvalue weighted by Crippen LogP contribution is -2.40. The largest absolute Gasteiger partial charge is 0.389 e. The maximum Gasteiger partial charge on any atom is 0.328 e. The normalized spacial score (nSPS) is 17.0. The number of halogens is 1. The van der Waals surface area contributed by atoms with E-state index in [1.54, 1.807) is 18.2 Å². The highest BCUT2D eigenvalue weighted by Gasteiger charge is 2.46. The second-order valence-corrected chi connectivity index (χ2v) is 7.92. The van der Waals surface area contributed by atoms with Crippen LogP contribution in [0.1, 0.15) is 22.7 Å². The number of imide groups is 1. The van der Waals surface area contributed by atoms with Crippen LogP contribution in [0.25, 0.3) is 0 Å². The molecule has 0 saturated carbocycles. The molecule has 0 aliphatic carbocycles. The van der Waals surface area contributed by atoms with Crippen molar-refractivity contribution in [2.75, 3.05) is 13.2 Å². The lowest BCUT2D eigenvalue weighted by atomic mass is 10.1. The van der Waals surface area contributed by atoms with Crippen LogP contribution in [-0.4, -0.2) is 46.1 Å². The summed E-state index contributed by atoms with van der Waals surface area (Å²) in [5, 5.41) is 10.4. The molecule has 1 aliphatic heterocycles. The van der Waals surface area contributed by atoms with Crippen LogP contribution in [-0.2, 0) is 22.7 Å². The van der Waals surface area contributed by atoms with Gasteiger partial charge in [-0.1, -0.05) is 78.9 Å². The summed E-state index contributed by atoms with van der Waals surface area (Å²) in [6.07, 6.45) is -1.10. The van der Waals surface area contributed by atoms with E-state index < -0.39 is 24.1 Å².